The molecule has 1 aromatic rings. The molecule has 10 nitrogen and oxygen atoms in total. The summed E-state index contributed by atoms with van der Waals surface area (Å²) in [5.74, 6) is 0.268. The molecule has 1 aromatic carbocycles. The Hall–Kier alpha value is -2.85. The first-order chi connectivity index (χ1) is 20.5. The van der Waals surface area contributed by atoms with Gasteiger partial charge in [0.2, 0.25) is 5.91 Å². The number of fused-ring (bicyclic) bond motifs is 1. The molecule has 1 saturated carbocycles. The molecule has 2 aliphatic rings. The van der Waals surface area contributed by atoms with E-state index in [1.165, 1.54) is 6.42 Å². The summed E-state index contributed by atoms with van der Waals surface area (Å²) in [5.41, 5.74) is 0.789. The molecule has 0 aromatic heterocycles. The zero-order valence-corrected chi connectivity index (χ0v) is 27.1. The Labute approximate surface area is 257 Å². The van der Waals surface area contributed by atoms with Crippen LogP contribution >= 0.6 is 0 Å². The first-order valence-corrected chi connectivity index (χ1v) is 16.2. The number of carbonyl (C=O) groups excluding carboxylic acids is 3. The van der Waals surface area contributed by atoms with Crippen molar-refractivity contribution < 1.29 is 29.0 Å². The number of urea groups is 1. The van der Waals surface area contributed by atoms with Crippen LogP contribution in [0.4, 0.5) is 10.5 Å². The van der Waals surface area contributed by atoms with E-state index in [0.29, 0.717) is 36.7 Å². The Balaban J connectivity index is 1.90. The summed E-state index contributed by atoms with van der Waals surface area (Å²) in [4.78, 5) is 43.4. The Bertz CT molecular complexity index is 1060. The van der Waals surface area contributed by atoms with Crippen LogP contribution in [0.5, 0.6) is 5.75 Å². The van der Waals surface area contributed by atoms with E-state index in [2.05, 4.69) is 10.6 Å². The fourth-order valence-corrected chi connectivity index (χ4v) is 5.91. The summed E-state index contributed by atoms with van der Waals surface area (Å²) in [6.45, 7) is 10.7. The third kappa shape index (κ3) is 10.4. The molecule has 242 valence electrons. The van der Waals surface area contributed by atoms with E-state index in [0.717, 1.165) is 44.9 Å². The van der Waals surface area contributed by atoms with Gasteiger partial charge < -0.3 is 35.0 Å². The lowest BCUT2D eigenvalue weighted by molar-refractivity contribution is -0.137. The number of anilines is 1. The van der Waals surface area contributed by atoms with Gasteiger partial charge in [0, 0.05) is 50.3 Å². The largest absolute Gasteiger partial charge is 0.490 e. The minimum atomic E-state index is -0.476. The van der Waals surface area contributed by atoms with Gasteiger partial charge in [-0.2, -0.15) is 0 Å². The first-order valence-electron chi connectivity index (χ1n) is 16.2. The van der Waals surface area contributed by atoms with Gasteiger partial charge in [0.15, 0.2) is 0 Å². The lowest BCUT2D eigenvalue weighted by atomic mass is 9.88. The van der Waals surface area contributed by atoms with Gasteiger partial charge in [-0.1, -0.05) is 26.2 Å². The van der Waals surface area contributed by atoms with Crippen molar-refractivity contribution >= 4 is 23.5 Å². The van der Waals surface area contributed by atoms with Gasteiger partial charge in [-0.05, 0) is 78.0 Å². The average molecular weight is 603 g/mol. The van der Waals surface area contributed by atoms with Crippen molar-refractivity contribution in [3.05, 3.63) is 23.8 Å². The molecule has 0 saturated heterocycles. The van der Waals surface area contributed by atoms with E-state index in [9.17, 15) is 19.5 Å². The molecular formula is C33H54N4O6. The van der Waals surface area contributed by atoms with E-state index in [4.69, 9.17) is 9.47 Å². The minimum absolute atomic E-state index is 0.0438. The van der Waals surface area contributed by atoms with Crippen LogP contribution in [0.2, 0.25) is 0 Å². The standard InChI is InChI=1S/C33H54N4O6/c1-22(2)34-33(41)35-27-15-16-29-28(18-27)32(40)37(24(4)21-38)19-23(3)30(42-17-11-10-12-25(5)43-29)20-36(6)31(39)26-13-8-7-9-14-26/h15-16,18,22-26,30,38H,7-14,17,19-21H2,1-6H3,(H2,34,35,41)/t23-,24+,25+,30+/m0/s1. The number of carbonyl (C=O) groups is 3. The summed E-state index contributed by atoms with van der Waals surface area (Å²) in [7, 11) is 1.86. The van der Waals surface area contributed by atoms with Crippen molar-refractivity contribution in [3.63, 3.8) is 0 Å². The van der Waals surface area contributed by atoms with Crippen LogP contribution in [0.25, 0.3) is 0 Å². The van der Waals surface area contributed by atoms with Crippen LogP contribution in [0.1, 0.15) is 96.3 Å². The number of benzene rings is 1. The molecule has 1 fully saturated rings. The predicted molar refractivity (Wildman–Crippen MR) is 168 cm³/mol. The highest BCUT2D eigenvalue weighted by molar-refractivity contribution is 5.99. The normalized spacial score (nSPS) is 23.5. The number of likely N-dealkylation sites (N-methyl/N-ethyl adjacent to an activating group) is 1. The van der Waals surface area contributed by atoms with Gasteiger partial charge in [-0.3, -0.25) is 9.59 Å². The molecule has 1 aliphatic carbocycles. The van der Waals surface area contributed by atoms with Crippen molar-refractivity contribution in [1.82, 2.24) is 15.1 Å². The third-order valence-electron chi connectivity index (χ3n) is 8.51. The topological polar surface area (TPSA) is 120 Å². The molecule has 4 amide bonds. The van der Waals surface area contributed by atoms with E-state index in [1.54, 1.807) is 23.1 Å². The second-order valence-corrected chi connectivity index (χ2v) is 12.8. The minimum Gasteiger partial charge on any atom is -0.490 e. The third-order valence-corrected chi connectivity index (χ3v) is 8.51. The van der Waals surface area contributed by atoms with Crippen LogP contribution < -0.4 is 15.4 Å². The Morgan fingerprint density at radius 3 is 2.44 bits per heavy atom. The molecule has 0 bridgehead atoms. The summed E-state index contributed by atoms with van der Waals surface area (Å²) in [5, 5.41) is 15.8. The monoisotopic (exact) mass is 602 g/mol. The quantitative estimate of drug-likeness (QED) is 0.402. The molecule has 1 aliphatic heterocycles. The van der Waals surface area contributed by atoms with Crippen molar-refractivity contribution in [2.24, 2.45) is 11.8 Å². The maximum absolute atomic E-state index is 14.2. The number of hydrogen-bond donors (Lipinski definition) is 3. The highest BCUT2D eigenvalue weighted by atomic mass is 16.5. The smallest absolute Gasteiger partial charge is 0.319 e. The van der Waals surface area contributed by atoms with E-state index in [-0.39, 0.29) is 54.5 Å². The molecule has 1 heterocycles. The number of nitrogens with zero attached hydrogens (tertiary/aromatic N) is 2. The molecule has 4 atom stereocenters. The Kier molecular flexibility index (Phi) is 13.6. The Morgan fingerprint density at radius 2 is 1.77 bits per heavy atom. The van der Waals surface area contributed by atoms with Gasteiger partial charge in [-0.15, -0.1) is 0 Å². The number of nitrogens with one attached hydrogen (secondary N) is 2. The van der Waals surface area contributed by atoms with Gasteiger partial charge in [0.25, 0.3) is 5.91 Å². The van der Waals surface area contributed by atoms with Crippen LogP contribution in [0.3, 0.4) is 0 Å². The molecule has 10 heteroatoms. The molecule has 43 heavy (non-hydrogen) atoms. The number of amides is 4. The van der Waals surface area contributed by atoms with E-state index >= 15 is 0 Å². The predicted octanol–water partition coefficient (Wildman–Crippen LogP) is 5.05. The number of aliphatic hydroxyl groups excluding tert-OH is 1. The van der Waals surface area contributed by atoms with E-state index in [1.807, 2.05) is 46.6 Å². The van der Waals surface area contributed by atoms with E-state index < -0.39 is 6.04 Å². The average Bonchev–Trinajstić information content (AvgIpc) is 2.98. The van der Waals surface area contributed by atoms with Gasteiger partial charge in [-0.25, -0.2) is 4.79 Å². The zero-order chi connectivity index (χ0) is 31.5. The summed E-state index contributed by atoms with van der Waals surface area (Å²) in [6, 6.07) is 4.21. The van der Waals surface area contributed by atoms with Crippen molar-refractivity contribution in [3.8, 4) is 5.75 Å². The van der Waals surface area contributed by atoms with Crippen LogP contribution in [0, 0.1) is 11.8 Å². The van der Waals surface area contributed by atoms with Gasteiger partial charge in [0.05, 0.1) is 30.4 Å². The number of rotatable bonds is 7. The molecular weight excluding hydrogens is 548 g/mol. The highest BCUT2D eigenvalue weighted by Crippen LogP contribution is 2.29. The van der Waals surface area contributed by atoms with Gasteiger partial charge >= 0.3 is 6.03 Å². The molecule has 0 radical (unpaired) electrons. The maximum atomic E-state index is 14.2. The second kappa shape index (κ2) is 16.9. The zero-order valence-electron chi connectivity index (χ0n) is 27.1. The number of ether oxygens (including phenoxy) is 2. The fourth-order valence-electron chi connectivity index (χ4n) is 5.91. The Morgan fingerprint density at radius 1 is 1.07 bits per heavy atom. The van der Waals surface area contributed by atoms with Crippen LogP contribution in [0.15, 0.2) is 18.2 Å². The molecule has 3 rings (SSSR count). The van der Waals surface area contributed by atoms with Gasteiger partial charge in [0.1, 0.15) is 5.75 Å². The molecule has 0 spiro atoms. The number of aliphatic hydroxyl groups is 1. The SMILES string of the molecule is CC(C)NC(=O)Nc1ccc2c(c1)C(=O)N([C@H](C)CO)C[C@H](C)[C@@H](CN(C)C(=O)C1CCCCC1)OCCCC[C@@H](C)O2. The summed E-state index contributed by atoms with van der Waals surface area (Å²) >= 11 is 0. The van der Waals surface area contributed by atoms with Crippen molar-refractivity contribution in [2.45, 2.75) is 110 Å². The van der Waals surface area contributed by atoms with Crippen molar-refractivity contribution in [2.75, 3.05) is 38.7 Å². The summed E-state index contributed by atoms with van der Waals surface area (Å²) in [6.07, 6.45) is 7.38. The first kappa shape index (κ1) is 34.6. The van der Waals surface area contributed by atoms with Crippen LogP contribution in [-0.4, -0.2) is 90.4 Å². The van der Waals surface area contributed by atoms with Crippen molar-refractivity contribution in [1.29, 1.82) is 0 Å². The highest BCUT2D eigenvalue weighted by Gasteiger charge is 2.32. The molecule has 3 N–H and O–H groups in total. The number of hydrogen-bond acceptors (Lipinski definition) is 6. The van der Waals surface area contributed by atoms with Crippen LogP contribution in [-0.2, 0) is 9.53 Å². The molecule has 0 unspecified atom stereocenters. The fraction of sp³-hybridized carbons (Fsp3) is 0.727. The summed E-state index contributed by atoms with van der Waals surface area (Å²) < 4.78 is 12.7. The second-order valence-electron chi connectivity index (χ2n) is 12.8. The lowest BCUT2D eigenvalue weighted by Gasteiger charge is -2.36. The lowest BCUT2D eigenvalue weighted by Crippen LogP contribution is -2.48. The maximum Gasteiger partial charge on any atom is 0.319 e.